The Bertz CT molecular complexity index is 1610. The van der Waals surface area contributed by atoms with Crippen molar-refractivity contribution in [1.82, 2.24) is 30.3 Å². The highest BCUT2D eigenvalue weighted by atomic mass is 19.3. The van der Waals surface area contributed by atoms with E-state index >= 15 is 0 Å². The van der Waals surface area contributed by atoms with Gasteiger partial charge in [0.2, 0.25) is 11.8 Å². The van der Waals surface area contributed by atoms with Crippen LogP contribution >= 0.6 is 0 Å². The summed E-state index contributed by atoms with van der Waals surface area (Å²) in [6.07, 6.45) is 3.63. The lowest BCUT2D eigenvalue weighted by Crippen LogP contribution is -2.47. The number of alkyl carbamates (subject to hydrolysis) is 1. The van der Waals surface area contributed by atoms with Crippen LogP contribution in [0, 0.1) is 19.7 Å². The monoisotopic (exact) mass is 672 g/mol. The van der Waals surface area contributed by atoms with E-state index in [1.165, 1.54) is 18.5 Å². The molecule has 260 valence electrons. The summed E-state index contributed by atoms with van der Waals surface area (Å²) in [5.74, 6) is -4.15. The van der Waals surface area contributed by atoms with E-state index in [2.05, 4.69) is 25.4 Å². The number of nitrogens with zero attached hydrogens (tertiary/aromatic N) is 7. The van der Waals surface area contributed by atoms with E-state index in [-0.39, 0.29) is 35.7 Å². The summed E-state index contributed by atoms with van der Waals surface area (Å²) in [6.45, 7) is 13.8. The molecule has 15 heteroatoms. The van der Waals surface area contributed by atoms with Gasteiger partial charge in [-0.1, -0.05) is 11.2 Å². The lowest BCUT2D eigenvalue weighted by Gasteiger charge is -2.37. The normalized spacial score (nSPS) is 19.0. The third-order valence-electron chi connectivity index (χ3n) is 8.72. The minimum absolute atomic E-state index is 0.0424. The summed E-state index contributed by atoms with van der Waals surface area (Å²) in [7, 11) is 0. The number of hydrogen-bond acceptors (Lipinski definition) is 10. The first kappa shape index (κ1) is 34.9. The fourth-order valence-corrected chi connectivity index (χ4v) is 6.31. The van der Waals surface area contributed by atoms with Gasteiger partial charge in [-0.3, -0.25) is 4.79 Å². The van der Waals surface area contributed by atoms with Crippen molar-refractivity contribution in [3.8, 4) is 0 Å². The maximum absolute atomic E-state index is 14.3. The number of benzene rings is 1. The van der Waals surface area contributed by atoms with Gasteiger partial charge in [-0.2, -0.15) is 13.8 Å². The van der Waals surface area contributed by atoms with E-state index in [1.807, 2.05) is 24.8 Å². The Morgan fingerprint density at radius 1 is 1.04 bits per heavy atom. The lowest BCUT2D eigenvalue weighted by atomic mass is 9.89. The Morgan fingerprint density at radius 2 is 1.71 bits per heavy atom. The number of nitrogens with one attached hydrogen (secondary N) is 1. The topological polar surface area (TPSA) is 130 Å². The fraction of sp³-hybridized carbons (Fsp3) is 0.576. The van der Waals surface area contributed by atoms with Gasteiger partial charge in [-0.25, -0.2) is 19.2 Å². The Kier molecular flexibility index (Phi) is 9.88. The summed E-state index contributed by atoms with van der Waals surface area (Å²) in [6, 6.07) is 2.91. The molecule has 3 aromatic rings. The van der Waals surface area contributed by atoms with Crippen LogP contribution in [0.3, 0.4) is 0 Å². The number of halogens is 3. The molecule has 1 aromatic carbocycles. The molecular formula is C33H43F3N8O4. The van der Waals surface area contributed by atoms with Gasteiger partial charge >= 0.3 is 18.0 Å². The maximum atomic E-state index is 14.3. The van der Waals surface area contributed by atoms with Crippen molar-refractivity contribution >= 4 is 24.0 Å². The van der Waals surface area contributed by atoms with Crippen LogP contribution in [-0.2, 0) is 10.7 Å². The van der Waals surface area contributed by atoms with Crippen LogP contribution in [-0.4, -0.2) is 87.4 Å². The summed E-state index contributed by atoms with van der Waals surface area (Å²) >= 11 is 0. The number of ether oxygens (including phenoxy) is 1. The molecule has 2 saturated heterocycles. The first-order chi connectivity index (χ1) is 22.5. The number of rotatable bonds is 8. The predicted octanol–water partition coefficient (Wildman–Crippen LogP) is 5.36. The van der Waals surface area contributed by atoms with E-state index in [1.54, 1.807) is 37.5 Å². The molecule has 2 aromatic heterocycles. The average Bonchev–Trinajstić information content (AvgIpc) is 3.67. The van der Waals surface area contributed by atoms with Crippen molar-refractivity contribution < 1.29 is 32.0 Å². The molecule has 0 saturated carbocycles. The number of amides is 2. The fourth-order valence-electron chi connectivity index (χ4n) is 6.31. The van der Waals surface area contributed by atoms with Crippen molar-refractivity contribution in [2.24, 2.45) is 0 Å². The average molecular weight is 673 g/mol. The number of hydrogen-bond donors (Lipinski definition) is 1. The van der Waals surface area contributed by atoms with Gasteiger partial charge in [0.15, 0.2) is 0 Å². The molecule has 5 rings (SSSR count). The molecule has 2 aliphatic heterocycles. The number of anilines is 2. The zero-order chi connectivity index (χ0) is 35.0. The molecule has 2 aliphatic rings. The molecule has 2 fully saturated rings. The van der Waals surface area contributed by atoms with Crippen LogP contribution in [0.4, 0.5) is 29.9 Å². The molecule has 12 nitrogen and oxygen atoms in total. The van der Waals surface area contributed by atoms with E-state index in [9.17, 15) is 22.8 Å². The van der Waals surface area contributed by atoms with Crippen molar-refractivity contribution in [1.29, 1.82) is 0 Å². The predicted molar refractivity (Wildman–Crippen MR) is 172 cm³/mol. The van der Waals surface area contributed by atoms with Gasteiger partial charge in [0.25, 0.3) is 5.91 Å². The number of carbonyl (C=O) groups excluding carboxylic acids is 2. The Morgan fingerprint density at radius 3 is 2.29 bits per heavy atom. The summed E-state index contributed by atoms with van der Waals surface area (Å²) in [5.41, 5.74) is 1.86. The molecule has 0 bridgehead atoms. The summed E-state index contributed by atoms with van der Waals surface area (Å²) < 4.78 is 52.0. The Labute approximate surface area is 278 Å². The number of carbonyl (C=O) groups is 2. The quantitative estimate of drug-likeness (QED) is 0.334. The smallest absolute Gasteiger partial charge is 0.407 e. The molecular weight excluding hydrogens is 629 g/mol. The standard InChI is InChI=1S/C33H43F3N8O4/c1-8-44(22-9-11-42(12-10-22)30-40-28(41-48-30)33(7,35)36)27(45)21-15-37-29(38-16-21)43-17-24(23-13-20(3)25(34)14-19(23)2)26(18-43)39-31(46)47-32(4,5)6/h13-16,22,24,26H,8-12,17-18H2,1-7H3,(H,39,46). The molecule has 0 spiro atoms. The minimum Gasteiger partial charge on any atom is -0.444 e. The van der Waals surface area contributed by atoms with Crippen LogP contribution < -0.4 is 15.1 Å². The maximum Gasteiger partial charge on any atom is 0.407 e. The highest BCUT2D eigenvalue weighted by Crippen LogP contribution is 2.34. The second-order valence-corrected chi connectivity index (χ2v) is 13.6. The van der Waals surface area contributed by atoms with E-state index in [0.29, 0.717) is 69.6 Å². The molecule has 2 amide bonds. The molecule has 4 heterocycles. The highest BCUT2D eigenvalue weighted by Gasteiger charge is 2.39. The highest BCUT2D eigenvalue weighted by molar-refractivity contribution is 5.94. The number of aryl methyl sites for hydroxylation is 2. The molecule has 0 aliphatic carbocycles. The zero-order valence-electron chi connectivity index (χ0n) is 28.4. The zero-order valence-corrected chi connectivity index (χ0v) is 28.4. The molecule has 0 radical (unpaired) electrons. The van der Waals surface area contributed by atoms with E-state index in [0.717, 1.165) is 11.1 Å². The second-order valence-electron chi connectivity index (χ2n) is 13.6. The van der Waals surface area contributed by atoms with E-state index in [4.69, 9.17) is 9.26 Å². The lowest BCUT2D eigenvalue weighted by molar-refractivity contribution is 0.00557. The molecule has 2 atom stereocenters. The third-order valence-corrected chi connectivity index (χ3v) is 8.72. The first-order valence-electron chi connectivity index (χ1n) is 16.1. The van der Waals surface area contributed by atoms with Gasteiger partial charge in [-0.15, -0.1) is 0 Å². The van der Waals surface area contributed by atoms with Crippen LogP contribution in [0.5, 0.6) is 0 Å². The van der Waals surface area contributed by atoms with E-state index < -0.39 is 23.4 Å². The Balaban J connectivity index is 1.27. The van der Waals surface area contributed by atoms with Crippen molar-refractivity contribution in [3.05, 3.63) is 58.4 Å². The largest absolute Gasteiger partial charge is 0.444 e. The van der Waals surface area contributed by atoms with Crippen LogP contribution in [0.25, 0.3) is 0 Å². The van der Waals surface area contributed by atoms with Crippen molar-refractivity contribution in [2.75, 3.05) is 42.5 Å². The first-order valence-corrected chi connectivity index (χ1v) is 16.1. The van der Waals surface area contributed by atoms with Crippen LogP contribution in [0.15, 0.2) is 29.0 Å². The Hall–Kier alpha value is -4.43. The van der Waals surface area contributed by atoms with Gasteiger partial charge < -0.3 is 29.3 Å². The second kappa shape index (κ2) is 13.6. The minimum atomic E-state index is -3.20. The van der Waals surface area contributed by atoms with Crippen LogP contribution in [0.1, 0.15) is 86.3 Å². The number of piperidine rings is 1. The van der Waals surface area contributed by atoms with Crippen LogP contribution in [0.2, 0.25) is 0 Å². The molecule has 1 N–H and O–H groups in total. The van der Waals surface area contributed by atoms with Crippen molar-refractivity contribution in [3.63, 3.8) is 0 Å². The van der Waals surface area contributed by atoms with Gasteiger partial charge in [-0.05, 0) is 77.1 Å². The SMILES string of the molecule is CCN(C(=O)c1cnc(N2CC(NC(=O)OC(C)(C)C)C(c3cc(C)c(F)cc3C)C2)nc1)C1CCN(c2nc(C(C)(F)F)no2)CC1. The van der Waals surface area contributed by atoms with Gasteiger partial charge in [0.05, 0.1) is 11.6 Å². The van der Waals surface area contributed by atoms with Crippen molar-refractivity contribution in [2.45, 2.75) is 90.8 Å². The molecule has 48 heavy (non-hydrogen) atoms. The van der Waals surface area contributed by atoms with Gasteiger partial charge in [0.1, 0.15) is 11.4 Å². The summed E-state index contributed by atoms with van der Waals surface area (Å²) in [4.78, 5) is 44.7. The summed E-state index contributed by atoms with van der Waals surface area (Å²) in [5, 5.41) is 6.39. The number of alkyl halides is 2. The third kappa shape index (κ3) is 7.81. The molecule has 2 unspecified atom stereocenters. The van der Waals surface area contributed by atoms with Gasteiger partial charge in [0, 0.05) is 64.0 Å². The number of aromatic nitrogens is 4.